The lowest BCUT2D eigenvalue weighted by atomic mass is 10.2. The van der Waals surface area contributed by atoms with Gasteiger partial charge in [0.1, 0.15) is 0 Å². The van der Waals surface area contributed by atoms with Gasteiger partial charge in [0.05, 0.1) is 11.5 Å². The average Bonchev–Trinajstić information content (AvgIpc) is 3.30. The van der Waals surface area contributed by atoms with Gasteiger partial charge in [-0.1, -0.05) is 41.4 Å². The third kappa shape index (κ3) is 3.88. The molecule has 0 aliphatic rings. The lowest BCUT2D eigenvalue weighted by Crippen LogP contribution is -2.34. The molecule has 0 saturated heterocycles. The molecule has 0 aliphatic carbocycles. The molecule has 0 fully saturated rings. The highest BCUT2D eigenvalue weighted by molar-refractivity contribution is 7.14. The number of thiazole rings is 1. The molecular weight excluding hydrogens is 398 g/mol. The summed E-state index contributed by atoms with van der Waals surface area (Å²) in [6.45, 7) is 2.03. The molecule has 0 aliphatic heterocycles. The van der Waals surface area contributed by atoms with Crippen LogP contribution in [0.5, 0.6) is 5.95 Å². The number of aromatic nitrogens is 3. The Balaban J connectivity index is 1.55. The Bertz CT molecular complexity index is 1120. The molecule has 0 bridgehead atoms. The third-order valence-corrected chi connectivity index (χ3v) is 4.88. The molecule has 0 saturated carbocycles. The highest BCUT2D eigenvalue weighted by Crippen LogP contribution is 2.28. The smallest absolute Gasteiger partial charge is 0.289 e. The normalized spacial score (nSPS) is 11.2. The molecule has 2 aromatic heterocycles. The third-order valence-electron chi connectivity index (χ3n) is 3.88. The highest BCUT2D eigenvalue weighted by atomic mass is 35.5. The van der Waals surface area contributed by atoms with Crippen LogP contribution in [0.15, 0.2) is 63.5 Å². The van der Waals surface area contributed by atoms with Gasteiger partial charge in [-0.15, -0.1) is 11.3 Å². The van der Waals surface area contributed by atoms with Crippen LogP contribution in [-0.4, -0.2) is 16.5 Å². The molecule has 0 amide bonds. The molecule has 4 aromatic rings. The fourth-order valence-electron chi connectivity index (χ4n) is 2.47. The molecule has 140 valence electrons. The van der Waals surface area contributed by atoms with Gasteiger partial charge in [-0.05, 0) is 29.3 Å². The van der Waals surface area contributed by atoms with Gasteiger partial charge in [-0.25, -0.2) is 4.98 Å². The van der Waals surface area contributed by atoms with Gasteiger partial charge >= 0.3 is 0 Å². The van der Waals surface area contributed by atoms with Gasteiger partial charge in [-0.3, -0.25) is 5.43 Å². The molecule has 2 aromatic carbocycles. The van der Waals surface area contributed by atoms with E-state index in [1.807, 2.05) is 31.2 Å². The second-order valence-electron chi connectivity index (χ2n) is 5.92. The predicted octanol–water partition coefficient (Wildman–Crippen LogP) is 3.56. The van der Waals surface area contributed by atoms with Crippen molar-refractivity contribution in [3.05, 3.63) is 70.1 Å². The van der Waals surface area contributed by atoms with Crippen molar-refractivity contribution in [2.75, 3.05) is 5.43 Å². The number of benzene rings is 2. The number of nitrogens with one attached hydrogen (secondary N) is 1. The van der Waals surface area contributed by atoms with Crippen LogP contribution in [0, 0.1) is 6.92 Å². The highest BCUT2D eigenvalue weighted by Gasteiger charge is 2.24. The quantitative estimate of drug-likeness (QED) is 0.308. The molecule has 1 N–H and O–H groups in total. The minimum atomic E-state index is -0.574. The van der Waals surface area contributed by atoms with E-state index in [0.717, 1.165) is 5.56 Å². The first-order valence-electron chi connectivity index (χ1n) is 8.27. The van der Waals surface area contributed by atoms with E-state index in [9.17, 15) is 5.11 Å². The van der Waals surface area contributed by atoms with Crippen molar-refractivity contribution in [3.63, 3.8) is 0 Å². The summed E-state index contributed by atoms with van der Waals surface area (Å²) in [6, 6.07) is 14.9. The van der Waals surface area contributed by atoms with Gasteiger partial charge in [0.25, 0.3) is 5.69 Å². The lowest BCUT2D eigenvalue weighted by Gasteiger charge is -1.96. The summed E-state index contributed by atoms with van der Waals surface area (Å²) in [5, 5.41) is 23.0. The zero-order valence-corrected chi connectivity index (χ0v) is 16.2. The van der Waals surface area contributed by atoms with Crippen molar-refractivity contribution >= 4 is 34.3 Å². The molecule has 0 radical (unpaired) electrons. The molecule has 28 heavy (non-hydrogen) atoms. The Labute approximate surface area is 169 Å². The maximum absolute atomic E-state index is 12.2. The zero-order valence-electron chi connectivity index (χ0n) is 14.7. The summed E-state index contributed by atoms with van der Waals surface area (Å²) in [5.41, 5.74) is 6.35. The first-order chi connectivity index (χ1) is 13.6. The number of nitrogens with zero attached hydrogens (tertiary/aromatic N) is 4. The first kappa shape index (κ1) is 18.1. The SMILES string of the molecule is Cc1ccc(/C=N/Nc2nc(-c3c([O-])on[n+]3-c3ccc(Cl)cc3)cs2)cc1. The second kappa shape index (κ2) is 7.79. The predicted molar refractivity (Wildman–Crippen MR) is 106 cm³/mol. The maximum atomic E-state index is 12.2. The van der Waals surface area contributed by atoms with E-state index in [1.165, 1.54) is 21.6 Å². The number of halogens is 1. The Morgan fingerprint density at radius 3 is 2.68 bits per heavy atom. The minimum absolute atomic E-state index is 0.231. The van der Waals surface area contributed by atoms with Gasteiger partial charge in [-0.2, -0.15) is 5.10 Å². The molecular formula is C19H14ClN5O2S. The Morgan fingerprint density at radius 1 is 1.18 bits per heavy atom. The molecule has 0 unspecified atom stereocenters. The largest absolute Gasteiger partial charge is 0.539 e. The van der Waals surface area contributed by atoms with Crippen molar-refractivity contribution in [2.45, 2.75) is 6.92 Å². The van der Waals surface area contributed by atoms with Gasteiger partial charge in [0.15, 0.2) is 11.6 Å². The number of aryl methyl sites for hydroxylation is 1. The van der Waals surface area contributed by atoms with Gasteiger partial charge in [0.2, 0.25) is 10.8 Å². The van der Waals surface area contributed by atoms with Crippen LogP contribution in [0.4, 0.5) is 5.13 Å². The molecule has 7 nitrogen and oxygen atoms in total. The Hall–Kier alpha value is -3.23. The first-order valence-corrected chi connectivity index (χ1v) is 9.52. The lowest BCUT2D eigenvalue weighted by molar-refractivity contribution is -0.660. The summed E-state index contributed by atoms with van der Waals surface area (Å²) < 4.78 is 6.23. The van der Waals surface area contributed by atoms with E-state index in [0.29, 0.717) is 21.5 Å². The number of hydrazone groups is 1. The maximum Gasteiger partial charge on any atom is 0.289 e. The van der Waals surface area contributed by atoms with Crippen LogP contribution in [0.25, 0.3) is 17.1 Å². The van der Waals surface area contributed by atoms with E-state index in [1.54, 1.807) is 35.9 Å². The summed E-state index contributed by atoms with van der Waals surface area (Å²) in [4.78, 5) is 4.41. The van der Waals surface area contributed by atoms with Crippen molar-refractivity contribution in [3.8, 4) is 23.0 Å². The van der Waals surface area contributed by atoms with Crippen LogP contribution in [0.2, 0.25) is 5.02 Å². The molecule has 4 rings (SSSR count). The van der Waals surface area contributed by atoms with Crippen molar-refractivity contribution in [1.82, 2.24) is 10.3 Å². The van der Waals surface area contributed by atoms with Crippen LogP contribution in [0.1, 0.15) is 11.1 Å². The summed E-state index contributed by atoms with van der Waals surface area (Å²) in [5.74, 6) is -0.574. The topological polar surface area (TPSA) is 90.2 Å². The molecule has 2 heterocycles. The van der Waals surface area contributed by atoms with Crippen LogP contribution in [0.3, 0.4) is 0 Å². The monoisotopic (exact) mass is 411 g/mol. The number of anilines is 1. The van der Waals surface area contributed by atoms with Crippen molar-refractivity contribution in [2.24, 2.45) is 5.10 Å². The van der Waals surface area contributed by atoms with E-state index < -0.39 is 5.95 Å². The van der Waals surface area contributed by atoms with Crippen molar-refractivity contribution in [1.29, 1.82) is 0 Å². The standard InChI is InChI=1S/C19H14ClN5O2S/c1-12-2-4-13(5-3-12)10-21-23-19-22-16(11-28-19)17-18(26)27-24-25(17)15-8-6-14(20)7-9-15/h2-11H,1H3,(H-,22,23,24,26)/b21-10+. The number of rotatable bonds is 5. The van der Waals surface area contributed by atoms with Crippen LogP contribution in [-0.2, 0) is 0 Å². The Morgan fingerprint density at radius 2 is 1.93 bits per heavy atom. The van der Waals surface area contributed by atoms with E-state index in [-0.39, 0.29) is 5.69 Å². The second-order valence-corrected chi connectivity index (χ2v) is 7.21. The summed E-state index contributed by atoms with van der Waals surface area (Å²) in [7, 11) is 0. The van der Waals surface area contributed by atoms with Crippen LogP contribution < -0.4 is 15.2 Å². The molecule has 9 heteroatoms. The summed E-state index contributed by atoms with van der Waals surface area (Å²) >= 11 is 7.24. The number of hydrogen-bond donors (Lipinski definition) is 1. The van der Waals surface area contributed by atoms with Crippen molar-refractivity contribution < 1.29 is 14.3 Å². The number of hydrogen-bond acceptors (Lipinski definition) is 7. The van der Waals surface area contributed by atoms with E-state index in [2.05, 4.69) is 20.8 Å². The van der Waals surface area contributed by atoms with E-state index >= 15 is 0 Å². The van der Waals surface area contributed by atoms with E-state index in [4.69, 9.17) is 16.1 Å². The zero-order chi connectivity index (χ0) is 19.5. The van der Waals surface area contributed by atoms with Crippen LogP contribution >= 0.6 is 22.9 Å². The molecule has 0 atom stereocenters. The minimum Gasteiger partial charge on any atom is -0.539 e. The fraction of sp³-hybridized carbons (Fsp3) is 0.0526. The fourth-order valence-corrected chi connectivity index (χ4v) is 3.24. The van der Waals surface area contributed by atoms with Gasteiger partial charge < -0.3 is 9.63 Å². The average molecular weight is 412 g/mol. The summed E-state index contributed by atoms with van der Waals surface area (Å²) in [6.07, 6.45) is 1.70. The van der Waals surface area contributed by atoms with Gasteiger partial charge in [0, 0.05) is 22.5 Å². The Kier molecular flexibility index (Phi) is 5.05. The molecule has 0 spiro atoms.